The molecule has 0 unspecified atom stereocenters. The van der Waals surface area contributed by atoms with E-state index in [2.05, 4.69) is 90.4 Å². The Morgan fingerprint density at radius 3 is 1.04 bits per heavy atom. The molecule has 4 nitrogen and oxygen atoms in total. The van der Waals surface area contributed by atoms with E-state index in [1.807, 2.05) is 0 Å². The van der Waals surface area contributed by atoms with Gasteiger partial charge in [-0.15, -0.1) is 0 Å². The molecule has 0 aromatic carbocycles. The van der Waals surface area contributed by atoms with Crippen LogP contribution in [0.1, 0.15) is 50.5 Å². The van der Waals surface area contributed by atoms with E-state index in [4.69, 9.17) is 0 Å². The third kappa shape index (κ3) is 3.24. The van der Waals surface area contributed by atoms with Crippen molar-refractivity contribution >= 4 is 0 Å². The van der Waals surface area contributed by atoms with E-state index < -0.39 is 21.4 Å². The zero-order chi connectivity index (χ0) is 18.8. The molecule has 0 fully saturated rings. The van der Waals surface area contributed by atoms with E-state index >= 15 is 0 Å². The molecule has 25 heavy (non-hydrogen) atoms. The van der Waals surface area contributed by atoms with Crippen molar-refractivity contribution in [3.63, 3.8) is 0 Å². The van der Waals surface area contributed by atoms with Crippen molar-refractivity contribution in [1.29, 1.82) is 0 Å². The van der Waals surface area contributed by atoms with Crippen LogP contribution in [0, 0.1) is 27.7 Å². The predicted octanol–water partition coefficient (Wildman–Crippen LogP) is 4.42. The van der Waals surface area contributed by atoms with Gasteiger partial charge in [-0.1, -0.05) is 0 Å². The Kier molecular flexibility index (Phi) is 6.92. The van der Waals surface area contributed by atoms with Gasteiger partial charge in [-0.25, -0.2) is 0 Å². The van der Waals surface area contributed by atoms with Crippen molar-refractivity contribution in [1.82, 2.24) is 10.7 Å². The van der Waals surface area contributed by atoms with Crippen LogP contribution in [0.25, 0.3) is 0 Å². The van der Waals surface area contributed by atoms with Crippen LogP contribution in [0.4, 0.5) is 0 Å². The first kappa shape index (κ1) is 20.7. The summed E-state index contributed by atoms with van der Waals surface area (Å²) in [7, 11) is 0. The first-order valence-corrected chi connectivity index (χ1v) is 14.1. The molecule has 0 spiro atoms. The maximum atomic E-state index is 2.79. The van der Waals surface area contributed by atoms with Gasteiger partial charge in [-0.3, -0.25) is 0 Å². The molecule has 0 saturated carbocycles. The topological polar surface area (TPSA) is 16.3 Å². The molecule has 2 aromatic rings. The van der Waals surface area contributed by atoms with Gasteiger partial charge in [-0.05, 0) is 0 Å². The summed E-state index contributed by atoms with van der Waals surface area (Å²) in [6, 6.07) is 9.18. The second kappa shape index (κ2) is 8.37. The Morgan fingerprint density at radius 2 is 0.840 bits per heavy atom. The van der Waals surface area contributed by atoms with Crippen molar-refractivity contribution in [3.05, 3.63) is 47.0 Å². The van der Waals surface area contributed by atoms with Crippen molar-refractivity contribution in [2.24, 2.45) is 0 Å². The fraction of sp³-hybridized carbons (Fsp3) is 0.600. The number of aryl methyl sites for hydroxylation is 4. The third-order valence-electron chi connectivity index (χ3n) is 5.52. The van der Waals surface area contributed by atoms with Crippen LogP contribution in [-0.4, -0.2) is 36.9 Å². The average molecular weight is 424 g/mol. The van der Waals surface area contributed by atoms with E-state index in [0.29, 0.717) is 0 Å². The van der Waals surface area contributed by atoms with Gasteiger partial charge in [0.15, 0.2) is 0 Å². The van der Waals surface area contributed by atoms with E-state index in [9.17, 15) is 0 Å². The van der Waals surface area contributed by atoms with Crippen LogP contribution >= 0.6 is 0 Å². The second-order valence-electron chi connectivity index (χ2n) is 6.85. The van der Waals surface area contributed by atoms with Gasteiger partial charge in [0.05, 0.1) is 0 Å². The van der Waals surface area contributed by atoms with E-state index in [1.54, 1.807) is 0 Å². The SMILES string of the molecule is CC[N](CC)[Zr]([N](CC)CC)([n]1c(C)ccc1C)[n]1c(C)ccc1C. The van der Waals surface area contributed by atoms with Crippen LogP contribution in [-0.2, 0) is 21.4 Å². The van der Waals surface area contributed by atoms with Gasteiger partial charge in [0, 0.05) is 0 Å². The minimum atomic E-state index is -3.42. The second-order valence-corrected chi connectivity index (χ2v) is 15.1. The quantitative estimate of drug-likeness (QED) is 0.625. The number of hydrogen-bond donors (Lipinski definition) is 0. The normalized spacial score (nSPS) is 12.6. The monoisotopic (exact) mass is 422 g/mol. The van der Waals surface area contributed by atoms with Gasteiger partial charge < -0.3 is 0 Å². The summed E-state index contributed by atoms with van der Waals surface area (Å²) < 4.78 is 11.0. The Balaban J connectivity index is 2.99. The Labute approximate surface area is 160 Å². The Bertz CT molecular complexity index is 593. The minimum absolute atomic E-state index is 1.08. The molecule has 0 aliphatic heterocycles. The van der Waals surface area contributed by atoms with Gasteiger partial charge in [-0.2, -0.15) is 0 Å². The molecule has 0 radical (unpaired) electrons. The molecule has 0 amide bonds. The number of nitrogens with zero attached hydrogens (tertiary/aromatic N) is 4. The zero-order valence-electron chi connectivity index (χ0n) is 17.4. The van der Waals surface area contributed by atoms with Gasteiger partial charge >= 0.3 is 161 Å². The average Bonchev–Trinajstić information content (AvgIpc) is 3.10. The van der Waals surface area contributed by atoms with E-state index in [1.165, 1.54) is 22.8 Å². The summed E-state index contributed by atoms with van der Waals surface area (Å²) in [6.07, 6.45) is 0. The van der Waals surface area contributed by atoms with E-state index in [0.717, 1.165) is 26.2 Å². The number of hydrogen-bond acceptors (Lipinski definition) is 2. The molecule has 0 saturated heterocycles. The van der Waals surface area contributed by atoms with E-state index in [-0.39, 0.29) is 0 Å². The Morgan fingerprint density at radius 1 is 0.600 bits per heavy atom. The molecular formula is C20H36N4Zr. The molecule has 2 rings (SSSR count). The third-order valence-corrected chi connectivity index (χ3v) is 19.2. The number of aromatic nitrogens is 2. The molecule has 0 N–H and O–H groups in total. The van der Waals surface area contributed by atoms with Gasteiger partial charge in [0.25, 0.3) is 0 Å². The first-order chi connectivity index (χ1) is 11.9. The summed E-state index contributed by atoms with van der Waals surface area (Å²) in [6.45, 7) is 22.7. The fourth-order valence-electron chi connectivity index (χ4n) is 4.44. The standard InChI is InChI=1S/2C6H8N.2C4H10N.Zr/c2*1-5-3-4-6(2)7-5;2*1-3-5-4-2;/h2*3-4H,1-2H3;2*3-4H2,1-2H3;/q4*-1;+4. The zero-order valence-corrected chi connectivity index (χ0v) is 19.9. The van der Waals surface area contributed by atoms with Crippen LogP contribution in [0.5, 0.6) is 0 Å². The molecule has 2 heterocycles. The van der Waals surface area contributed by atoms with Crippen molar-refractivity contribution in [3.8, 4) is 0 Å². The summed E-state index contributed by atoms with van der Waals surface area (Å²) >= 11 is -3.42. The summed E-state index contributed by atoms with van der Waals surface area (Å²) in [5.74, 6) is 0. The summed E-state index contributed by atoms with van der Waals surface area (Å²) in [4.78, 5) is 0. The van der Waals surface area contributed by atoms with Crippen LogP contribution < -0.4 is 0 Å². The van der Waals surface area contributed by atoms with Crippen molar-refractivity contribution < 1.29 is 21.4 Å². The molecule has 0 aliphatic carbocycles. The maximum absolute atomic E-state index is 3.42. The van der Waals surface area contributed by atoms with Gasteiger partial charge in [0.1, 0.15) is 0 Å². The molecular weight excluding hydrogens is 387 g/mol. The molecule has 0 aliphatic rings. The molecule has 0 bridgehead atoms. The fourth-order valence-corrected chi connectivity index (χ4v) is 18.3. The predicted molar refractivity (Wildman–Crippen MR) is 104 cm³/mol. The van der Waals surface area contributed by atoms with Crippen molar-refractivity contribution in [2.45, 2.75) is 55.4 Å². The van der Waals surface area contributed by atoms with Crippen molar-refractivity contribution in [2.75, 3.05) is 26.2 Å². The number of rotatable bonds is 8. The summed E-state index contributed by atoms with van der Waals surface area (Å²) in [5.41, 5.74) is 5.55. The Hall–Kier alpha value is -0.637. The molecule has 5 heteroatoms. The summed E-state index contributed by atoms with van der Waals surface area (Å²) in [5, 5.41) is 0. The van der Waals surface area contributed by atoms with Crippen LogP contribution in [0.2, 0.25) is 0 Å². The first-order valence-electron chi connectivity index (χ1n) is 9.70. The van der Waals surface area contributed by atoms with Gasteiger partial charge in [0.2, 0.25) is 0 Å². The molecule has 0 atom stereocenters. The molecule has 2 aromatic heterocycles. The molecule has 140 valence electrons. The van der Waals surface area contributed by atoms with Crippen LogP contribution in [0.3, 0.4) is 0 Å². The van der Waals surface area contributed by atoms with Crippen LogP contribution in [0.15, 0.2) is 24.3 Å².